The Balaban J connectivity index is 1.62. The van der Waals surface area contributed by atoms with Crippen LogP contribution in [0.1, 0.15) is 28.5 Å². The number of piperazine rings is 1. The molecular formula is C17H21N5O3S2. The van der Waals surface area contributed by atoms with Crippen LogP contribution in [0.5, 0.6) is 5.88 Å². The molecule has 1 amide bonds. The quantitative estimate of drug-likeness (QED) is 0.716. The lowest BCUT2D eigenvalue weighted by molar-refractivity contribution is 0.0719. The van der Waals surface area contributed by atoms with Gasteiger partial charge in [0.1, 0.15) is 5.82 Å². The summed E-state index contributed by atoms with van der Waals surface area (Å²) < 4.78 is 6.61. The van der Waals surface area contributed by atoms with Crippen molar-refractivity contribution in [3.63, 3.8) is 0 Å². The fourth-order valence-corrected chi connectivity index (χ4v) is 5.42. The van der Waals surface area contributed by atoms with Crippen molar-refractivity contribution < 1.29 is 14.6 Å². The maximum absolute atomic E-state index is 12.0. The normalized spacial score (nSPS) is 16.7. The van der Waals surface area contributed by atoms with Crippen LogP contribution in [0.25, 0.3) is 4.96 Å². The van der Waals surface area contributed by atoms with Crippen molar-refractivity contribution in [2.45, 2.75) is 19.9 Å². The Kier molecular flexibility index (Phi) is 5.02. The highest BCUT2D eigenvalue weighted by Crippen LogP contribution is 2.41. The molecule has 3 aromatic heterocycles. The van der Waals surface area contributed by atoms with Crippen molar-refractivity contribution in [1.29, 1.82) is 0 Å². The molecular weight excluding hydrogens is 386 g/mol. The highest BCUT2D eigenvalue weighted by atomic mass is 32.1. The van der Waals surface area contributed by atoms with Crippen LogP contribution < -0.4 is 0 Å². The summed E-state index contributed by atoms with van der Waals surface area (Å²) in [5, 5.41) is 17.1. The summed E-state index contributed by atoms with van der Waals surface area (Å²) in [6, 6.07) is 4.01. The zero-order valence-corrected chi connectivity index (χ0v) is 16.8. The molecule has 0 bridgehead atoms. The molecule has 1 aliphatic rings. The average molecular weight is 408 g/mol. The molecule has 4 heterocycles. The van der Waals surface area contributed by atoms with Crippen molar-refractivity contribution >= 4 is 33.7 Å². The van der Waals surface area contributed by atoms with Crippen LogP contribution >= 0.6 is 22.7 Å². The van der Waals surface area contributed by atoms with E-state index in [1.807, 2.05) is 25.3 Å². The topological polar surface area (TPSA) is 83.2 Å². The van der Waals surface area contributed by atoms with E-state index >= 15 is 0 Å². The van der Waals surface area contributed by atoms with Crippen LogP contribution in [0.2, 0.25) is 0 Å². The molecule has 1 atom stereocenters. The van der Waals surface area contributed by atoms with Gasteiger partial charge in [-0.3, -0.25) is 4.90 Å². The number of fused-ring (bicyclic) bond motifs is 1. The summed E-state index contributed by atoms with van der Waals surface area (Å²) in [6.45, 7) is 6.60. The van der Waals surface area contributed by atoms with E-state index in [1.54, 1.807) is 16.2 Å². The lowest BCUT2D eigenvalue weighted by Crippen LogP contribution is -2.49. The fourth-order valence-electron chi connectivity index (χ4n) is 3.33. The summed E-state index contributed by atoms with van der Waals surface area (Å²) in [7, 11) is 0. The van der Waals surface area contributed by atoms with Crippen molar-refractivity contribution in [3.8, 4) is 5.88 Å². The van der Waals surface area contributed by atoms with Gasteiger partial charge in [0.05, 0.1) is 17.5 Å². The van der Waals surface area contributed by atoms with Crippen molar-refractivity contribution in [3.05, 3.63) is 33.1 Å². The van der Waals surface area contributed by atoms with E-state index in [-0.39, 0.29) is 18.0 Å². The largest absolute Gasteiger partial charge is 0.492 e. The van der Waals surface area contributed by atoms with Crippen LogP contribution in [-0.4, -0.2) is 68.4 Å². The van der Waals surface area contributed by atoms with E-state index in [1.165, 1.54) is 15.9 Å². The van der Waals surface area contributed by atoms with Crippen LogP contribution in [0, 0.1) is 6.92 Å². The minimum Gasteiger partial charge on any atom is -0.492 e. The van der Waals surface area contributed by atoms with E-state index in [0.29, 0.717) is 43.6 Å². The number of thiazole rings is 1. The molecule has 144 valence electrons. The monoisotopic (exact) mass is 407 g/mol. The minimum absolute atomic E-state index is 0.0804. The molecule has 0 saturated carbocycles. The Labute approximate surface area is 164 Å². The molecule has 10 heteroatoms. The molecule has 8 nitrogen and oxygen atoms in total. The molecule has 1 fully saturated rings. The number of thiophene rings is 1. The molecule has 4 rings (SSSR count). The summed E-state index contributed by atoms with van der Waals surface area (Å²) in [6.07, 6.45) is -0.262. The summed E-state index contributed by atoms with van der Waals surface area (Å²) in [5.74, 6) is 0.778. The maximum atomic E-state index is 12.0. The van der Waals surface area contributed by atoms with Crippen LogP contribution in [-0.2, 0) is 4.74 Å². The van der Waals surface area contributed by atoms with E-state index in [0.717, 1.165) is 9.75 Å². The summed E-state index contributed by atoms with van der Waals surface area (Å²) >= 11 is 3.12. The number of amides is 1. The average Bonchev–Trinajstić information content (AvgIpc) is 3.36. The van der Waals surface area contributed by atoms with Gasteiger partial charge in [-0.2, -0.15) is 4.52 Å². The molecule has 3 aromatic rings. The van der Waals surface area contributed by atoms with E-state index in [9.17, 15) is 9.90 Å². The molecule has 0 unspecified atom stereocenters. The van der Waals surface area contributed by atoms with Gasteiger partial charge < -0.3 is 14.7 Å². The first kappa shape index (κ1) is 18.2. The molecule has 0 radical (unpaired) electrons. The van der Waals surface area contributed by atoms with Gasteiger partial charge in [-0.15, -0.1) is 16.4 Å². The first-order valence-corrected chi connectivity index (χ1v) is 10.5. The number of aryl methyl sites for hydroxylation is 1. The first-order chi connectivity index (χ1) is 13.1. The Hall–Kier alpha value is -2.17. The van der Waals surface area contributed by atoms with Gasteiger partial charge >= 0.3 is 6.09 Å². The number of ether oxygens (including phenoxy) is 1. The van der Waals surface area contributed by atoms with E-state index in [2.05, 4.69) is 21.0 Å². The van der Waals surface area contributed by atoms with Crippen molar-refractivity contribution in [2.75, 3.05) is 32.8 Å². The van der Waals surface area contributed by atoms with Crippen molar-refractivity contribution in [1.82, 2.24) is 24.4 Å². The van der Waals surface area contributed by atoms with Crippen molar-refractivity contribution in [2.24, 2.45) is 0 Å². The molecule has 0 aromatic carbocycles. The number of carbonyl (C=O) groups is 1. The molecule has 0 aliphatic carbocycles. The fraction of sp³-hybridized carbons (Fsp3) is 0.471. The predicted molar refractivity (Wildman–Crippen MR) is 104 cm³/mol. The number of hydrogen-bond acceptors (Lipinski definition) is 8. The lowest BCUT2D eigenvalue weighted by Gasteiger charge is -2.38. The predicted octanol–water partition coefficient (Wildman–Crippen LogP) is 2.73. The van der Waals surface area contributed by atoms with Crippen LogP contribution in [0.4, 0.5) is 4.79 Å². The third-order valence-corrected chi connectivity index (χ3v) is 6.57. The molecule has 1 aliphatic heterocycles. The minimum atomic E-state index is -0.262. The molecule has 0 spiro atoms. The first-order valence-electron chi connectivity index (χ1n) is 8.82. The number of carbonyl (C=O) groups excluding carboxylic acids is 1. The lowest BCUT2D eigenvalue weighted by atomic mass is 10.1. The van der Waals surface area contributed by atoms with Gasteiger partial charge in [0.15, 0.2) is 0 Å². The van der Waals surface area contributed by atoms with Gasteiger partial charge in [-0.05, 0) is 25.3 Å². The molecule has 1 N–H and O–H groups in total. The zero-order chi connectivity index (χ0) is 19.0. The van der Waals surface area contributed by atoms with Gasteiger partial charge in [-0.25, -0.2) is 9.78 Å². The maximum Gasteiger partial charge on any atom is 0.409 e. The summed E-state index contributed by atoms with van der Waals surface area (Å²) in [5.41, 5.74) is 0. The second-order valence-electron chi connectivity index (χ2n) is 6.28. The molecule has 1 saturated heterocycles. The number of aromatic nitrogens is 3. The van der Waals surface area contributed by atoms with Crippen LogP contribution in [0.3, 0.4) is 0 Å². The number of rotatable bonds is 4. The smallest absolute Gasteiger partial charge is 0.409 e. The zero-order valence-electron chi connectivity index (χ0n) is 15.2. The third kappa shape index (κ3) is 3.40. The molecule has 27 heavy (non-hydrogen) atoms. The second kappa shape index (κ2) is 7.45. The van der Waals surface area contributed by atoms with Gasteiger partial charge in [0.25, 0.3) is 0 Å². The Morgan fingerprint density at radius 1 is 1.37 bits per heavy atom. The number of nitrogens with zero attached hydrogens (tertiary/aromatic N) is 5. The number of hydrogen-bond donors (Lipinski definition) is 1. The Morgan fingerprint density at radius 3 is 2.78 bits per heavy atom. The SMILES string of the molecule is CCOC(=O)N1CCN([C@@H](c2cccs2)c2sc3nc(C)nn3c2O)CC1. The van der Waals surface area contributed by atoms with Gasteiger partial charge in [0, 0.05) is 31.1 Å². The second-order valence-corrected chi connectivity index (χ2v) is 8.27. The highest BCUT2D eigenvalue weighted by Gasteiger charge is 2.33. The van der Waals surface area contributed by atoms with Gasteiger partial charge in [0.2, 0.25) is 10.8 Å². The van der Waals surface area contributed by atoms with Gasteiger partial charge in [-0.1, -0.05) is 17.4 Å². The van der Waals surface area contributed by atoms with E-state index < -0.39 is 0 Å². The standard InChI is InChI=1S/C17H21N5O3S2/c1-3-25-17(24)21-8-6-20(7-9-21)13(12-5-4-10-26-12)14-15(23)22-16(27-14)18-11(2)19-22/h4-5,10,13,23H,3,6-9H2,1-2H3/t13-/m0/s1. The Bertz CT molecular complexity index is 928. The number of aromatic hydroxyl groups is 1. The van der Waals surface area contributed by atoms with E-state index in [4.69, 9.17) is 4.74 Å². The highest BCUT2D eigenvalue weighted by molar-refractivity contribution is 7.17. The summed E-state index contributed by atoms with van der Waals surface area (Å²) in [4.78, 5) is 23.0. The Morgan fingerprint density at radius 2 is 2.15 bits per heavy atom. The third-order valence-electron chi connectivity index (χ3n) is 4.57. The van der Waals surface area contributed by atoms with Crippen LogP contribution in [0.15, 0.2) is 17.5 Å².